The van der Waals surface area contributed by atoms with Gasteiger partial charge in [0.15, 0.2) is 0 Å². The summed E-state index contributed by atoms with van der Waals surface area (Å²) in [5.41, 5.74) is 2.80. The highest BCUT2D eigenvalue weighted by Gasteiger charge is 2.35. The fourth-order valence-corrected chi connectivity index (χ4v) is 3.98. The number of amides is 1. The summed E-state index contributed by atoms with van der Waals surface area (Å²) >= 11 is 6.36. The molecule has 0 spiro atoms. The average molecular weight is 412 g/mol. The second-order valence-corrected chi connectivity index (χ2v) is 7.30. The van der Waals surface area contributed by atoms with Crippen LogP contribution in [0.4, 0.5) is 9.18 Å². The normalized spacial score (nSPS) is 15.7. The lowest BCUT2D eigenvalue weighted by Gasteiger charge is -2.37. The number of ether oxygens (including phenoxy) is 1. The maximum Gasteiger partial charge on any atom is 0.410 e. The van der Waals surface area contributed by atoms with Gasteiger partial charge in [-0.15, -0.1) is 0 Å². The van der Waals surface area contributed by atoms with Crippen molar-refractivity contribution in [3.63, 3.8) is 0 Å². The van der Waals surface area contributed by atoms with Crippen molar-refractivity contribution in [2.75, 3.05) is 6.54 Å². The van der Waals surface area contributed by atoms with Crippen molar-refractivity contribution in [1.82, 2.24) is 4.90 Å². The van der Waals surface area contributed by atoms with Gasteiger partial charge in [0.25, 0.3) is 0 Å². The molecule has 3 aromatic carbocycles. The fraction of sp³-hybridized carbons (Fsp3) is 0.174. The zero-order valence-corrected chi connectivity index (χ0v) is 16.3. The molecule has 1 unspecified atom stereocenters. The van der Waals surface area contributed by atoms with Gasteiger partial charge in [-0.2, -0.15) is 0 Å². The smallest absolute Gasteiger partial charge is 0.410 e. The number of rotatable bonds is 3. The van der Waals surface area contributed by atoms with Crippen molar-refractivity contribution < 1.29 is 19.0 Å². The second kappa shape index (κ2) is 8.13. The maximum atomic E-state index is 14.0. The Morgan fingerprint density at radius 2 is 1.90 bits per heavy atom. The molecule has 0 fully saturated rings. The number of benzene rings is 3. The number of halogens is 2. The number of aromatic hydroxyl groups is 1. The van der Waals surface area contributed by atoms with Gasteiger partial charge in [0, 0.05) is 17.1 Å². The van der Waals surface area contributed by atoms with Gasteiger partial charge >= 0.3 is 6.09 Å². The van der Waals surface area contributed by atoms with E-state index in [1.54, 1.807) is 12.1 Å². The van der Waals surface area contributed by atoms with Crippen LogP contribution in [0.5, 0.6) is 5.75 Å². The summed E-state index contributed by atoms with van der Waals surface area (Å²) in [7, 11) is 0. The van der Waals surface area contributed by atoms with Gasteiger partial charge in [0.1, 0.15) is 18.2 Å². The molecule has 0 radical (unpaired) electrons. The first-order valence-corrected chi connectivity index (χ1v) is 9.65. The molecule has 0 bridgehead atoms. The molecular formula is C23H19ClFNO3. The third kappa shape index (κ3) is 3.91. The quantitative estimate of drug-likeness (QED) is 0.621. The van der Waals surface area contributed by atoms with Crippen LogP contribution < -0.4 is 0 Å². The van der Waals surface area contributed by atoms with E-state index in [-0.39, 0.29) is 12.4 Å². The highest BCUT2D eigenvalue weighted by molar-refractivity contribution is 6.31. The van der Waals surface area contributed by atoms with Crippen LogP contribution in [-0.4, -0.2) is 22.6 Å². The topological polar surface area (TPSA) is 49.8 Å². The van der Waals surface area contributed by atoms with Crippen molar-refractivity contribution in [3.8, 4) is 5.75 Å². The summed E-state index contributed by atoms with van der Waals surface area (Å²) in [5, 5.41) is 11.0. The number of carbonyl (C=O) groups is 1. The number of phenolic OH excluding ortho intramolecular Hbond substituents is 1. The number of fused-ring (bicyclic) bond motifs is 1. The van der Waals surface area contributed by atoms with Gasteiger partial charge in [-0.25, -0.2) is 9.18 Å². The molecular weight excluding hydrogens is 393 g/mol. The molecule has 1 atom stereocenters. The Balaban J connectivity index is 1.70. The maximum absolute atomic E-state index is 14.0. The molecule has 0 saturated heterocycles. The Labute approximate surface area is 173 Å². The monoisotopic (exact) mass is 411 g/mol. The Morgan fingerprint density at radius 1 is 1.10 bits per heavy atom. The third-order valence-electron chi connectivity index (χ3n) is 5.09. The largest absolute Gasteiger partial charge is 0.508 e. The molecule has 1 N–H and O–H groups in total. The molecule has 0 saturated carbocycles. The van der Waals surface area contributed by atoms with Gasteiger partial charge in [0.2, 0.25) is 0 Å². The summed E-state index contributed by atoms with van der Waals surface area (Å²) in [5.74, 6) is -0.588. The van der Waals surface area contributed by atoms with E-state index in [0.29, 0.717) is 23.6 Å². The number of nitrogens with zero attached hydrogens (tertiary/aromatic N) is 1. The Kier molecular flexibility index (Phi) is 5.41. The molecule has 148 valence electrons. The van der Waals surface area contributed by atoms with Gasteiger partial charge in [-0.05, 0) is 47.4 Å². The second-order valence-electron chi connectivity index (χ2n) is 6.90. The highest BCUT2D eigenvalue weighted by atomic mass is 35.5. The lowest BCUT2D eigenvalue weighted by atomic mass is 9.88. The highest BCUT2D eigenvalue weighted by Crippen LogP contribution is 2.41. The number of hydrogen-bond acceptors (Lipinski definition) is 3. The predicted molar refractivity (Wildman–Crippen MR) is 108 cm³/mol. The van der Waals surface area contributed by atoms with Crippen molar-refractivity contribution in [2.45, 2.75) is 19.1 Å². The van der Waals surface area contributed by atoms with E-state index in [4.69, 9.17) is 16.3 Å². The molecule has 6 heteroatoms. The van der Waals surface area contributed by atoms with Gasteiger partial charge in [-0.1, -0.05) is 54.1 Å². The lowest BCUT2D eigenvalue weighted by Crippen LogP contribution is -2.41. The average Bonchev–Trinajstić information content (AvgIpc) is 2.74. The molecule has 29 heavy (non-hydrogen) atoms. The third-order valence-corrected chi connectivity index (χ3v) is 5.44. The Morgan fingerprint density at radius 3 is 2.69 bits per heavy atom. The van der Waals surface area contributed by atoms with Gasteiger partial charge < -0.3 is 9.84 Å². The Hall–Kier alpha value is -3.05. The van der Waals surface area contributed by atoms with Crippen molar-refractivity contribution in [2.24, 2.45) is 0 Å². The van der Waals surface area contributed by atoms with Crippen LogP contribution >= 0.6 is 11.6 Å². The Bertz CT molecular complexity index is 1040. The standard InChI is InChI=1S/C23H19ClFNO3/c24-20-8-4-7-18-17(20)11-12-26(22(18)19-13-16(25)9-10-21(19)27)23(28)29-14-15-5-2-1-3-6-15/h1-10,13,22,27H,11-12,14H2. The first-order valence-electron chi connectivity index (χ1n) is 9.27. The van der Waals surface area contributed by atoms with E-state index in [0.717, 1.165) is 16.7 Å². The number of hydrogen-bond donors (Lipinski definition) is 1. The van der Waals surface area contributed by atoms with E-state index in [1.807, 2.05) is 36.4 Å². The van der Waals surface area contributed by atoms with Crippen LogP contribution in [0.15, 0.2) is 66.7 Å². The summed E-state index contributed by atoms with van der Waals surface area (Å²) < 4.78 is 19.5. The van der Waals surface area contributed by atoms with Crippen LogP contribution in [0.1, 0.15) is 28.3 Å². The predicted octanol–water partition coefficient (Wildman–Crippen LogP) is 5.47. The van der Waals surface area contributed by atoms with E-state index in [1.165, 1.54) is 23.1 Å². The van der Waals surface area contributed by atoms with Crippen LogP contribution in [0.2, 0.25) is 5.02 Å². The van der Waals surface area contributed by atoms with Crippen LogP contribution in [0.3, 0.4) is 0 Å². The molecule has 4 nitrogen and oxygen atoms in total. The van der Waals surface area contributed by atoms with Gasteiger partial charge in [0.05, 0.1) is 6.04 Å². The van der Waals surface area contributed by atoms with Crippen molar-refractivity contribution in [1.29, 1.82) is 0 Å². The van der Waals surface area contributed by atoms with E-state index >= 15 is 0 Å². The summed E-state index contributed by atoms with van der Waals surface area (Å²) in [4.78, 5) is 14.5. The molecule has 1 amide bonds. The SMILES string of the molecule is O=C(OCc1ccccc1)N1CCc2c(Cl)cccc2C1c1cc(F)ccc1O. The molecule has 0 aromatic heterocycles. The van der Waals surface area contributed by atoms with E-state index in [9.17, 15) is 14.3 Å². The van der Waals surface area contributed by atoms with Crippen molar-refractivity contribution in [3.05, 3.63) is 99.8 Å². The first-order chi connectivity index (χ1) is 14.0. The van der Waals surface area contributed by atoms with Crippen LogP contribution in [-0.2, 0) is 17.8 Å². The molecule has 1 aliphatic heterocycles. The molecule has 4 rings (SSSR count). The van der Waals surface area contributed by atoms with Crippen LogP contribution in [0, 0.1) is 5.82 Å². The zero-order chi connectivity index (χ0) is 20.4. The van der Waals surface area contributed by atoms with E-state index < -0.39 is 18.0 Å². The molecule has 3 aromatic rings. The molecule has 1 heterocycles. The lowest BCUT2D eigenvalue weighted by molar-refractivity contribution is 0.0833. The summed E-state index contributed by atoms with van der Waals surface area (Å²) in [6.07, 6.45) is 0.00954. The van der Waals surface area contributed by atoms with Gasteiger partial charge in [-0.3, -0.25) is 4.90 Å². The van der Waals surface area contributed by atoms with E-state index in [2.05, 4.69) is 0 Å². The minimum atomic E-state index is -0.698. The fourth-order valence-electron chi connectivity index (χ4n) is 3.70. The zero-order valence-electron chi connectivity index (χ0n) is 15.5. The number of phenols is 1. The first kappa shape index (κ1) is 19.3. The van der Waals surface area contributed by atoms with Crippen molar-refractivity contribution >= 4 is 17.7 Å². The number of carbonyl (C=O) groups excluding carboxylic acids is 1. The summed E-state index contributed by atoms with van der Waals surface area (Å²) in [6, 6.07) is 17.8. The minimum absolute atomic E-state index is 0.0925. The minimum Gasteiger partial charge on any atom is -0.508 e. The molecule has 1 aliphatic rings. The summed E-state index contributed by atoms with van der Waals surface area (Å²) in [6.45, 7) is 0.464. The van der Waals surface area contributed by atoms with Crippen LogP contribution in [0.25, 0.3) is 0 Å². The molecule has 0 aliphatic carbocycles.